The van der Waals surface area contributed by atoms with Crippen molar-refractivity contribution in [1.82, 2.24) is 14.7 Å². The molecule has 1 aliphatic heterocycles. The number of rotatable bonds is 9. The second-order valence-corrected chi connectivity index (χ2v) is 10.5. The van der Waals surface area contributed by atoms with E-state index in [1.807, 2.05) is 73.8 Å². The zero-order valence-electron chi connectivity index (χ0n) is 20.8. The summed E-state index contributed by atoms with van der Waals surface area (Å²) in [7, 11) is 0. The number of carbonyl (C=O) groups is 1. The predicted molar refractivity (Wildman–Crippen MR) is 155 cm³/mol. The zero-order valence-corrected chi connectivity index (χ0v) is 22.5. The molecule has 1 amide bonds. The maximum atomic E-state index is 14.9. The van der Waals surface area contributed by atoms with Gasteiger partial charge in [0.25, 0.3) is 5.91 Å². The van der Waals surface area contributed by atoms with Crippen LogP contribution in [0.1, 0.15) is 24.5 Å². The van der Waals surface area contributed by atoms with Crippen LogP contribution < -0.4 is 4.74 Å². The quantitative estimate of drug-likeness (QED) is 0.170. The minimum Gasteiger partial charge on any atom is -0.491 e. The van der Waals surface area contributed by atoms with Crippen LogP contribution in [0.15, 0.2) is 90.0 Å². The van der Waals surface area contributed by atoms with Crippen LogP contribution in [0, 0.1) is 5.82 Å². The molecule has 192 valence electrons. The van der Waals surface area contributed by atoms with Gasteiger partial charge in [0, 0.05) is 23.9 Å². The molecular formula is C30H26FN3O2S2. The third-order valence-corrected chi connectivity index (χ3v) is 7.44. The summed E-state index contributed by atoms with van der Waals surface area (Å²) in [6, 6.07) is 24.5. The SMILES string of the molecule is CCCOc1ccc(-c2nn(-c3ccccc3)cc2C=C2SC(=S)N(CCc3ccccc3)C2=O)cc1F. The Balaban J connectivity index is 1.47. The summed E-state index contributed by atoms with van der Waals surface area (Å²) in [4.78, 5) is 15.5. The highest BCUT2D eigenvalue weighted by Gasteiger charge is 2.32. The van der Waals surface area contributed by atoms with Crippen LogP contribution in [0.5, 0.6) is 5.75 Å². The van der Waals surface area contributed by atoms with Crippen molar-refractivity contribution >= 4 is 40.3 Å². The highest BCUT2D eigenvalue weighted by molar-refractivity contribution is 8.26. The zero-order chi connectivity index (χ0) is 26.5. The number of carbonyl (C=O) groups excluding carboxylic acids is 1. The first-order chi connectivity index (χ1) is 18.5. The average Bonchev–Trinajstić information content (AvgIpc) is 3.48. The molecule has 0 aliphatic carbocycles. The average molecular weight is 544 g/mol. The van der Waals surface area contributed by atoms with E-state index in [-0.39, 0.29) is 11.7 Å². The lowest BCUT2D eigenvalue weighted by Gasteiger charge is -2.14. The predicted octanol–water partition coefficient (Wildman–Crippen LogP) is 6.91. The summed E-state index contributed by atoms with van der Waals surface area (Å²) in [6.07, 6.45) is 5.14. The molecule has 5 nitrogen and oxygen atoms in total. The largest absolute Gasteiger partial charge is 0.491 e. The molecular weight excluding hydrogens is 517 g/mol. The smallest absolute Gasteiger partial charge is 0.266 e. The van der Waals surface area contributed by atoms with E-state index >= 15 is 0 Å². The van der Waals surface area contributed by atoms with Crippen molar-refractivity contribution in [3.8, 4) is 22.7 Å². The van der Waals surface area contributed by atoms with Gasteiger partial charge in [-0.1, -0.05) is 79.4 Å². The molecule has 0 unspecified atom stereocenters. The fourth-order valence-corrected chi connectivity index (χ4v) is 5.43. The van der Waals surface area contributed by atoms with Gasteiger partial charge in [-0.25, -0.2) is 9.07 Å². The number of benzene rings is 3. The third kappa shape index (κ3) is 5.71. The summed E-state index contributed by atoms with van der Waals surface area (Å²) in [6.45, 7) is 2.92. The first-order valence-corrected chi connectivity index (χ1v) is 13.6. The van der Waals surface area contributed by atoms with E-state index < -0.39 is 5.82 Å². The normalized spacial score (nSPS) is 14.5. The Labute approximate surface area is 230 Å². The number of nitrogens with zero attached hydrogens (tertiary/aromatic N) is 3. The molecule has 1 fully saturated rings. The van der Waals surface area contributed by atoms with Gasteiger partial charge in [0.2, 0.25) is 0 Å². The molecule has 1 saturated heterocycles. The molecule has 2 heterocycles. The Kier molecular flexibility index (Phi) is 8.00. The maximum Gasteiger partial charge on any atom is 0.266 e. The van der Waals surface area contributed by atoms with Gasteiger partial charge in [-0.3, -0.25) is 9.69 Å². The lowest BCUT2D eigenvalue weighted by atomic mass is 10.1. The van der Waals surface area contributed by atoms with Crippen LogP contribution in [0.4, 0.5) is 4.39 Å². The minimum absolute atomic E-state index is 0.135. The van der Waals surface area contributed by atoms with Crippen molar-refractivity contribution < 1.29 is 13.9 Å². The summed E-state index contributed by atoms with van der Waals surface area (Å²) in [5.41, 5.74) is 3.84. The van der Waals surface area contributed by atoms with Gasteiger partial charge >= 0.3 is 0 Å². The lowest BCUT2D eigenvalue weighted by molar-refractivity contribution is -0.122. The second kappa shape index (κ2) is 11.8. The van der Waals surface area contributed by atoms with Gasteiger partial charge in [-0.2, -0.15) is 5.10 Å². The number of thioether (sulfide) groups is 1. The molecule has 0 radical (unpaired) electrons. The van der Waals surface area contributed by atoms with Crippen molar-refractivity contribution in [2.45, 2.75) is 19.8 Å². The number of para-hydroxylation sites is 1. The van der Waals surface area contributed by atoms with E-state index in [2.05, 4.69) is 0 Å². The molecule has 1 aliphatic rings. The number of hydrogen-bond acceptors (Lipinski definition) is 5. The van der Waals surface area contributed by atoms with Gasteiger partial charge in [0.1, 0.15) is 10.0 Å². The van der Waals surface area contributed by atoms with E-state index in [9.17, 15) is 9.18 Å². The number of halogens is 1. The van der Waals surface area contributed by atoms with E-state index in [1.165, 1.54) is 17.8 Å². The van der Waals surface area contributed by atoms with Crippen LogP contribution in [0.3, 0.4) is 0 Å². The lowest BCUT2D eigenvalue weighted by Crippen LogP contribution is -2.30. The molecule has 5 rings (SSSR count). The molecule has 0 spiro atoms. The van der Waals surface area contributed by atoms with Crippen LogP contribution in [-0.2, 0) is 11.2 Å². The number of hydrogen-bond donors (Lipinski definition) is 0. The van der Waals surface area contributed by atoms with Gasteiger partial charge in [0.15, 0.2) is 11.6 Å². The van der Waals surface area contributed by atoms with Crippen molar-refractivity contribution in [2.24, 2.45) is 0 Å². The summed E-state index contributed by atoms with van der Waals surface area (Å²) < 4.78 is 22.6. The van der Waals surface area contributed by atoms with Crippen LogP contribution in [-0.4, -0.2) is 38.1 Å². The fraction of sp³-hybridized carbons (Fsp3) is 0.167. The third-order valence-electron chi connectivity index (χ3n) is 6.06. The van der Waals surface area contributed by atoms with Crippen LogP contribution in [0.2, 0.25) is 0 Å². The maximum absolute atomic E-state index is 14.9. The Morgan fingerprint density at radius 2 is 1.79 bits per heavy atom. The highest BCUT2D eigenvalue weighted by atomic mass is 32.2. The minimum atomic E-state index is -0.455. The first kappa shape index (κ1) is 25.9. The topological polar surface area (TPSA) is 47.4 Å². The van der Waals surface area contributed by atoms with E-state index in [4.69, 9.17) is 22.1 Å². The van der Waals surface area contributed by atoms with Crippen molar-refractivity contribution in [3.05, 3.63) is 107 Å². The number of amides is 1. The molecule has 0 bridgehead atoms. The number of ether oxygens (including phenoxy) is 1. The monoisotopic (exact) mass is 543 g/mol. The fourth-order valence-electron chi connectivity index (χ4n) is 4.13. The Morgan fingerprint density at radius 1 is 1.05 bits per heavy atom. The van der Waals surface area contributed by atoms with Gasteiger partial charge in [-0.15, -0.1) is 0 Å². The van der Waals surface area contributed by atoms with Crippen LogP contribution >= 0.6 is 24.0 Å². The van der Waals surface area contributed by atoms with E-state index in [1.54, 1.807) is 27.8 Å². The molecule has 0 saturated carbocycles. The molecule has 3 aromatic carbocycles. The van der Waals surface area contributed by atoms with Crippen molar-refractivity contribution in [2.75, 3.05) is 13.2 Å². The molecule has 8 heteroatoms. The van der Waals surface area contributed by atoms with Crippen LogP contribution in [0.25, 0.3) is 23.0 Å². The summed E-state index contributed by atoms with van der Waals surface area (Å²) >= 11 is 6.82. The van der Waals surface area contributed by atoms with Gasteiger partial charge in [-0.05, 0) is 54.8 Å². The molecule has 0 atom stereocenters. The Morgan fingerprint density at radius 3 is 2.50 bits per heavy atom. The van der Waals surface area contributed by atoms with E-state index in [0.717, 1.165) is 17.7 Å². The molecule has 0 N–H and O–H groups in total. The molecule has 4 aromatic rings. The Bertz CT molecular complexity index is 1490. The number of aromatic nitrogens is 2. The highest BCUT2D eigenvalue weighted by Crippen LogP contribution is 2.35. The van der Waals surface area contributed by atoms with Crippen molar-refractivity contribution in [1.29, 1.82) is 0 Å². The molecule has 1 aromatic heterocycles. The summed E-state index contributed by atoms with van der Waals surface area (Å²) in [5, 5.41) is 4.76. The van der Waals surface area contributed by atoms with Crippen molar-refractivity contribution in [3.63, 3.8) is 0 Å². The first-order valence-electron chi connectivity index (χ1n) is 12.4. The van der Waals surface area contributed by atoms with Gasteiger partial charge < -0.3 is 4.74 Å². The summed E-state index contributed by atoms with van der Waals surface area (Å²) in [5.74, 6) is -0.383. The molecule has 38 heavy (non-hydrogen) atoms. The number of thiocarbonyl (C=S) groups is 1. The Hall–Kier alpha value is -3.75. The second-order valence-electron chi connectivity index (χ2n) is 8.78. The van der Waals surface area contributed by atoms with E-state index in [0.29, 0.717) is 45.6 Å². The van der Waals surface area contributed by atoms with Gasteiger partial charge in [0.05, 0.1) is 17.2 Å². The standard InChI is InChI=1S/C30H26FN3O2S2/c1-2-17-36-26-14-13-22(18-25(26)31)28-23(20-34(32-28)24-11-7-4-8-12-24)19-27-29(35)33(30(37)38-27)16-15-21-9-5-3-6-10-21/h3-14,18-20H,2,15-17H2,1H3.